The minimum atomic E-state index is -1.14. The van der Waals surface area contributed by atoms with Crippen LogP contribution in [0.15, 0.2) is 60.7 Å². The number of carboxylic acids is 1. The molecule has 0 heterocycles. The van der Waals surface area contributed by atoms with E-state index in [1.807, 2.05) is 54.5 Å². The number of carbonyl (C=O) groups excluding carboxylic acids is 3. The van der Waals surface area contributed by atoms with Gasteiger partial charge in [-0.3, -0.25) is 14.4 Å². The number of rotatable bonds is 1. The summed E-state index contributed by atoms with van der Waals surface area (Å²) in [6, 6.07) is 18.2. The summed E-state index contributed by atoms with van der Waals surface area (Å²) >= 11 is 14.0. The first-order valence-corrected chi connectivity index (χ1v) is 8.31. The van der Waals surface area contributed by atoms with Gasteiger partial charge in [-0.2, -0.15) is 0 Å². The van der Waals surface area contributed by atoms with Crippen LogP contribution in [-0.4, -0.2) is 26.8 Å². The summed E-state index contributed by atoms with van der Waals surface area (Å²) in [6.07, 6.45) is 0. The van der Waals surface area contributed by atoms with Gasteiger partial charge in [0.25, 0.3) is 5.24 Å². The van der Waals surface area contributed by atoms with Crippen molar-refractivity contribution >= 4 is 80.5 Å². The molecule has 0 aliphatic heterocycles. The van der Waals surface area contributed by atoms with Gasteiger partial charge >= 0.3 is 16.5 Å². The van der Waals surface area contributed by atoms with Crippen molar-refractivity contribution in [2.45, 2.75) is 0 Å². The molecule has 2 rings (SSSR count). The van der Waals surface area contributed by atoms with Gasteiger partial charge in [0.1, 0.15) is 0 Å². The summed E-state index contributed by atoms with van der Waals surface area (Å²) in [7, 11) is 0. The second kappa shape index (κ2) is 17.7. The van der Waals surface area contributed by atoms with Gasteiger partial charge in [-0.05, 0) is 65.0 Å². The summed E-state index contributed by atoms with van der Waals surface area (Å²) in [5, 5.41) is 5.29. The quantitative estimate of drug-likeness (QED) is 0.244. The van der Waals surface area contributed by atoms with Crippen LogP contribution in [0, 0.1) is 23.7 Å². The van der Waals surface area contributed by atoms with Crippen molar-refractivity contribution in [3.8, 4) is 23.7 Å². The van der Waals surface area contributed by atoms with E-state index in [4.69, 9.17) is 16.7 Å². The molecule has 150 valence electrons. The lowest BCUT2D eigenvalue weighted by molar-refractivity contribution is -0.130. The molecule has 0 fully saturated rings. The number of aliphatic carboxylic acids is 1. The number of carbonyl (C=O) groups is 4. The highest BCUT2D eigenvalue weighted by atomic mass is 127. The molecule has 0 amide bonds. The molecule has 2 aromatic rings. The van der Waals surface area contributed by atoms with Gasteiger partial charge in [-0.25, -0.2) is 4.79 Å². The molecule has 0 aliphatic carbocycles. The highest BCUT2D eigenvalue weighted by Crippen LogP contribution is 1.95. The lowest BCUT2D eigenvalue weighted by Crippen LogP contribution is -1.94. The lowest BCUT2D eigenvalue weighted by atomic mass is 10.2. The minimum absolute atomic E-state index is 0. The van der Waals surface area contributed by atoms with E-state index in [0.29, 0.717) is 0 Å². The Bertz CT molecular complexity index is 861. The molecule has 5 nitrogen and oxygen atoms in total. The van der Waals surface area contributed by atoms with E-state index in [9.17, 15) is 19.2 Å². The highest BCUT2D eigenvalue weighted by molar-refractivity contribution is 14.0. The average Bonchev–Trinajstić information content (AvgIpc) is 2.67. The molecule has 1 N–H and O–H groups in total. The Morgan fingerprint density at radius 3 is 1.28 bits per heavy atom. The molecule has 9 heteroatoms. The van der Waals surface area contributed by atoms with Gasteiger partial charge in [0.2, 0.25) is 0 Å². The maximum absolute atomic E-state index is 10.2. The van der Waals surface area contributed by atoms with Gasteiger partial charge in [-0.1, -0.05) is 48.2 Å². The summed E-state index contributed by atoms with van der Waals surface area (Å²) in [4.78, 5) is 39.1. The molecule has 0 saturated carbocycles. The van der Waals surface area contributed by atoms with Crippen molar-refractivity contribution in [1.82, 2.24) is 0 Å². The topological polar surface area (TPSA) is 88.5 Å². The van der Waals surface area contributed by atoms with Gasteiger partial charge in [-0.15, -0.1) is 24.0 Å². The number of hydrogen-bond acceptors (Lipinski definition) is 4. The Morgan fingerprint density at radius 1 is 0.655 bits per heavy atom. The fraction of sp³-hybridized carbons (Fsp3) is 0. The first-order valence-electron chi connectivity index (χ1n) is 7.18. The predicted octanol–water partition coefficient (Wildman–Crippen LogP) is 4.06. The van der Waals surface area contributed by atoms with Crippen LogP contribution < -0.4 is 0 Å². The molecule has 0 radical (unpaired) electrons. The number of benzene rings is 2. The molecule has 0 aliphatic rings. The Morgan fingerprint density at radius 2 is 1.00 bits per heavy atom. The van der Waals surface area contributed by atoms with Gasteiger partial charge < -0.3 is 5.11 Å². The third kappa shape index (κ3) is 18.8. The molecular weight excluding hydrogens is 553 g/mol. The smallest absolute Gasteiger partial charge is 0.382 e. The zero-order valence-electron chi connectivity index (χ0n) is 14.4. The predicted molar refractivity (Wildman–Crippen MR) is 122 cm³/mol. The van der Waals surface area contributed by atoms with Gasteiger partial charge in [0.05, 0.1) is 0 Å². The van der Waals surface area contributed by atoms with E-state index in [1.165, 1.54) is 0 Å². The molecule has 2 aromatic carbocycles. The van der Waals surface area contributed by atoms with Crippen molar-refractivity contribution in [1.29, 1.82) is 0 Å². The van der Waals surface area contributed by atoms with Crippen molar-refractivity contribution in [2.24, 2.45) is 0 Å². The standard InChI is InChI=1S/C9H5ClO.C9H6O2.C2Cl2O2.HI/c2*10-9(11)7-6-8-4-2-1-3-5-8;3-1(5)2(4)6;/h1-5H;1-5H,(H,10,11);;1H. The van der Waals surface area contributed by atoms with Crippen LogP contribution in [0.1, 0.15) is 11.1 Å². The monoisotopic (exact) mass is 564 g/mol. The third-order valence-corrected chi connectivity index (χ3v) is 2.86. The molecule has 0 saturated heterocycles. The number of hydrogen-bond donors (Lipinski definition) is 1. The summed E-state index contributed by atoms with van der Waals surface area (Å²) in [5.74, 6) is 8.27. The first-order chi connectivity index (χ1) is 13.2. The van der Waals surface area contributed by atoms with Crippen molar-refractivity contribution in [3.63, 3.8) is 0 Å². The summed E-state index contributed by atoms with van der Waals surface area (Å²) in [5.41, 5.74) is 1.51. The molecular formula is C20H12Cl3IO5. The Kier molecular flexibility index (Phi) is 17.6. The van der Waals surface area contributed by atoms with Crippen LogP contribution in [0.4, 0.5) is 0 Å². The van der Waals surface area contributed by atoms with E-state index in [2.05, 4.69) is 41.0 Å². The van der Waals surface area contributed by atoms with Crippen molar-refractivity contribution in [3.05, 3.63) is 71.8 Å². The van der Waals surface area contributed by atoms with Crippen LogP contribution in [0.5, 0.6) is 0 Å². The van der Waals surface area contributed by atoms with E-state index in [-0.39, 0.29) is 24.0 Å². The van der Waals surface area contributed by atoms with Crippen LogP contribution in [-0.2, 0) is 19.2 Å². The van der Waals surface area contributed by atoms with Crippen molar-refractivity contribution < 1.29 is 24.3 Å². The molecule has 0 aromatic heterocycles. The normalized spacial score (nSPS) is 7.69. The van der Waals surface area contributed by atoms with Crippen LogP contribution >= 0.6 is 58.8 Å². The summed E-state index contributed by atoms with van der Waals surface area (Å²) < 4.78 is 0. The number of halogens is 4. The SMILES string of the molecule is I.O=C(Cl)C#Cc1ccccc1.O=C(Cl)C(=O)Cl.O=C(O)C#Cc1ccccc1. The zero-order chi connectivity index (χ0) is 21.4. The summed E-state index contributed by atoms with van der Waals surface area (Å²) in [6.45, 7) is 0. The Balaban J connectivity index is 0. The fourth-order valence-electron chi connectivity index (χ4n) is 1.29. The highest BCUT2D eigenvalue weighted by Gasteiger charge is 2.01. The zero-order valence-corrected chi connectivity index (χ0v) is 19.0. The molecule has 29 heavy (non-hydrogen) atoms. The van der Waals surface area contributed by atoms with E-state index in [0.717, 1.165) is 11.1 Å². The fourth-order valence-corrected chi connectivity index (χ4v) is 1.34. The maximum atomic E-state index is 10.2. The van der Waals surface area contributed by atoms with Crippen LogP contribution in [0.3, 0.4) is 0 Å². The van der Waals surface area contributed by atoms with Crippen LogP contribution in [0.25, 0.3) is 0 Å². The second-order valence-electron chi connectivity index (χ2n) is 4.36. The second-order valence-corrected chi connectivity index (χ2v) is 5.39. The Labute approximate surface area is 199 Å². The lowest BCUT2D eigenvalue weighted by Gasteiger charge is -1.83. The van der Waals surface area contributed by atoms with Gasteiger partial charge in [0, 0.05) is 17.0 Å². The number of carboxylic acid groups (broad SMARTS) is 1. The van der Waals surface area contributed by atoms with Gasteiger partial charge in [0.15, 0.2) is 0 Å². The molecule has 0 atom stereocenters. The van der Waals surface area contributed by atoms with E-state index in [1.54, 1.807) is 12.1 Å². The first kappa shape index (κ1) is 28.8. The van der Waals surface area contributed by atoms with E-state index >= 15 is 0 Å². The largest absolute Gasteiger partial charge is 0.472 e. The average molecular weight is 566 g/mol. The van der Waals surface area contributed by atoms with Crippen LogP contribution in [0.2, 0.25) is 0 Å². The Hall–Kier alpha value is -2.36. The third-order valence-electron chi connectivity index (χ3n) is 2.32. The van der Waals surface area contributed by atoms with E-state index < -0.39 is 21.7 Å². The minimum Gasteiger partial charge on any atom is -0.472 e. The van der Waals surface area contributed by atoms with Crippen molar-refractivity contribution in [2.75, 3.05) is 0 Å². The molecule has 0 spiro atoms. The molecule has 0 unspecified atom stereocenters. The molecule has 0 bridgehead atoms. The maximum Gasteiger partial charge on any atom is 0.382 e.